The fraction of sp³-hybridized carbons (Fsp3) is 0.222. The predicted molar refractivity (Wildman–Crippen MR) is 62.2 cm³/mol. The van der Waals surface area contributed by atoms with Gasteiger partial charge in [-0.2, -0.15) is 0 Å². The third-order valence-electron chi connectivity index (χ3n) is 1.79. The number of aryl methyl sites for hydroxylation is 1. The van der Waals surface area contributed by atoms with Gasteiger partial charge in [-0.3, -0.25) is 4.79 Å². The zero-order valence-electron chi connectivity index (χ0n) is 8.54. The second kappa shape index (κ2) is 4.61. The first-order valence-electron chi connectivity index (χ1n) is 4.23. The highest BCUT2D eigenvalue weighted by Gasteiger charge is 2.23. The molecule has 0 radical (unpaired) electrons. The zero-order chi connectivity index (χ0) is 12.5. The monoisotopic (exact) mass is 281 g/mol. The van der Waals surface area contributed by atoms with Gasteiger partial charge in [0.05, 0.1) is 10.0 Å². The molecule has 0 aliphatic carbocycles. The lowest BCUT2D eigenvalue weighted by Crippen LogP contribution is -2.28. The molecule has 0 aliphatic rings. The molecule has 88 valence electrons. The third kappa shape index (κ3) is 2.66. The van der Waals surface area contributed by atoms with E-state index >= 15 is 0 Å². The molecule has 4 nitrogen and oxygen atoms in total. The molecule has 1 aromatic rings. The van der Waals surface area contributed by atoms with Crippen molar-refractivity contribution in [1.29, 1.82) is 0 Å². The van der Waals surface area contributed by atoms with Crippen LogP contribution in [0.15, 0.2) is 17.0 Å². The lowest BCUT2D eigenvalue weighted by molar-refractivity contribution is -0.117. The van der Waals surface area contributed by atoms with E-state index in [4.69, 9.17) is 23.2 Å². The van der Waals surface area contributed by atoms with Crippen molar-refractivity contribution in [2.45, 2.75) is 18.7 Å². The molecule has 0 fully saturated rings. The van der Waals surface area contributed by atoms with Crippen LogP contribution in [0.4, 0.5) is 0 Å². The minimum atomic E-state index is -4.01. The van der Waals surface area contributed by atoms with Crippen molar-refractivity contribution >= 4 is 39.1 Å². The predicted octanol–water partition coefficient (Wildman–Crippen LogP) is 2.13. The number of nitrogens with one attached hydrogen (secondary N) is 1. The summed E-state index contributed by atoms with van der Waals surface area (Å²) in [6, 6.07) is 3.01. The van der Waals surface area contributed by atoms with Gasteiger partial charge in [-0.15, -0.1) is 0 Å². The van der Waals surface area contributed by atoms with Crippen molar-refractivity contribution in [3.05, 3.63) is 27.7 Å². The van der Waals surface area contributed by atoms with E-state index in [1.54, 1.807) is 13.0 Å². The van der Waals surface area contributed by atoms with E-state index in [0.29, 0.717) is 5.56 Å². The van der Waals surface area contributed by atoms with E-state index in [1.807, 2.05) is 4.72 Å². The molecule has 7 heteroatoms. The van der Waals surface area contributed by atoms with Crippen LogP contribution in [-0.2, 0) is 14.8 Å². The summed E-state index contributed by atoms with van der Waals surface area (Å²) in [6.45, 7) is 2.74. The van der Waals surface area contributed by atoms with Crippen molar-refractivity contribution < 1.29 is 13.2 Å². The van der Waals surface area contributed by atoms with Crippen LogP contribution in [0, 0.1) is 6.92 Å². The summed E-state index contributed by atoms with van der Waals surface area (Å²) in [5, 5.41) is -0.00870. The van der Waals surface area contributed by atoms with E-state index in [2.05, 4.69) is 0 Å². The van der Waals surface area contributed by atoms with Crippen LogP contribution in [0.1, 0.15) is 12.5 Å². The molecule has 0 atom stereocenters. The Balaban J connectivity index is 3.44. The van der Waals surface area contributed by atoms with Crippen LogP contribution >= 0.6 is 23.2 Å². The first-order chi connectivity index (χ1) is 7.25. The Bertz CT molecular complexity index is 540. The van der Waals surface area contributed by atoms with Crippen LogP contribution in [-0.4, -0.2) is 14.3 Å². The van der Waals surface area contributed by atoms with E-state index in [-0.39, 0.29) is 14.9 Å². The van der Waals surface area contributed by atoms with E-state index in [1.165, 1.54) is 6.07 Å². The van der Waals surface area contributed by atoms with Gasteiger partial charge in [0.2, 0.25) is 5.91 Å². The SMILES string of the molecule is CC(=O)NS(=O)(=O)c1c(Cl)ccc(C)c1Cl. The normalized spacial score (nSPS) is 11.2. The van der Waals surface area contributed by atoms with E-state index in [9.17, 15) is 13.2 Å². The number of carbonyl (C=O) groups excluding carboxylic acids is 1. The third-order valence-corrected chi connectivity index (χ3v) is 4.33. The summed E-state index contributed by atoms with van der Waals surface area (Å²) in [4.78, 5) is 10.5. The van der Waals surface area contributed by atoms with Gasteiger partial charge < -0.3 is 0 Å². The van der Waals surface area contributed by atoms with Crippen LogP contribution in [0.5, 0.6) is 0 Å². The quantitative estimate of drug-likeness (QED) is 0.903. The zero-order valence-corrected chi connectivity index (χ0v) is 10.9. The van der Waals surface area contributed by atoms with Crippen LogP contribution in [0.2, 0.25) is 10.0 Å². The molecule has 0 saturated carbocycles. The average molecular weight is 282 g/mol. The van der Waals surface area contributed by atoms with Gasteiger partial charge in [0.1, 0.15) is 4.90 Å². The van der Waals surface area contributed by atoms with Crippen molar-refractivity contribution in [3.8, 4) is 0 Å². The number of halogens is 2. The van der Waals surface area contributed by atoms with E-state index < -0.39 is 15.9 Å². The molecule has 1 N–H and O–H groups in total. The Morgan fingerprint density at radius 3 is 2.38 bits per heavy atom. The topological polar surface area (TPSA) is 63.2 Å². The molecule has 16 heavy (non-hydrogen) atoms. The number of hydrogen-bond acceptors (Lipinski definition) is 3. The van der Waals surface area contributed by atoms with Crippen LogP contribution in [0.3, 0.4) is 0 Å². The van der Waals surface area contributed by atoms with Gasteiger partial charge in [-0.05, 0) is 18.6 Å². The number of rotatable bonds is 2. The van der Waals surface area contributed by atoms with Gasteiger partial charge in [-0.1, -0.05) is 29.3 Å². The van der Waals surface area contributed by atoms with Gasteiger partial charge >= 0.3 is 0 Å². The number of hydrogen-bond donors (Lipinski definition) is 1. The Kier molecular flexibility index (Phi) is 3.83. The van der Waals surface area contributed by atoms with Gasteiger partial charge in [0.25, 0.3) is 10.0 Å². The molecule has 0 unspecified atom stereocenters. The summed E-state index contributed by atoms with van der Waals surface area (Å²) in [6.07, 6.45) is 0. The number of benzene rings is 1. The molecule has 1 aromatic carbocycles. The molecular formula is C9H9Cl2NO3S. The lowest BCUT2D eigenvalue weighted by atomic mass is 10.2. The number of amides is 1. The minimum absolute atomic E-state index is 0.0150. The highest BCUT2D eigenvalue weighted by Crippen LogP contribution is 2.31. The molecule has 0 saturated heterocycles. The largest absolute Gasteiger partial charge is 0.274 e. The first kappa shape index (κ1) is 13.3. The summed E-state index contributed by atoms with van der Waals surface area (Å²) < 4.78 is 25.3. The Hall–Kier alpha value is -0.780. The molecular weight excluding hydrogens is 273 g/mol. The highest BCUT2D eigenvalue weighted by atomic mass is 35.5. The van der Waals surface area contributed by atoms with Gasteiger partial charge in [0.15, 0.2) is 0 Å². The van der Waals surface area contributed by atoms with Gasteiger partial charge in [-0.25, -0.2) is 13.1 Å². The molecule has 0 aliphatic heterocycles. The first-order valence-corrected chi connectivity index (χ1v) is 6.47. The summed E-state index contributed by atoms with van der Waals surface area (Å²) in [7, 11) is -4.01. The Morgan fingerprint density at radius 2 is 1.88 bits per heavy atom. The summed E-state index contributed by atoms with van der Waals surface area (Å²) in [5.41, 5.74) is 0.565. The lowest BCUT2D eigenvalue weighted by Gasteiger charge is -2.10. The Morgan fingerprint density at radius 1 is 1.31 bits per heavy atom. The van der Waals surface area contributed by atoms with Crippen molar-refractivity contribution in [1.82, 2.24) is 4.72 Å². The smallest absolute Gasteiger partial charge is 0.267 e. The average Bonchev–Trinajstić information content (AvgIpc) is 2.09. The van der Waals surface area contributed by atoms with Crippen molar-refractivity contribution in [2.75, 3.05) is 0 Å². The highest BCUT2D eigenvalue weighted by molar-refractivity contribution is 7.90. The maximum atomic E-state index is 11.7. The van der Waals surface area contributed by atoms with Crippen LogP contribution < -0.4 is 4.72 Å². The maximum Gasteiger partial charge on any atom is 0.267 e. The van der Waals surface area contributed by atoms with Crippen LogP contribution in [0.25, 0.3) is 0 Å². The standard InChI is InChI=1S/C9H9Cl2NO3S/c1-5-3-4-7(10)9(8(5)11)16(14,15)12-6(2)13/h3-4H,1-2H3,(H,12,13). The molecule has 0 spiro atoms. The maximum absolute atomic E-state index is 11.7. The van der Waals surface area contributed by atoms with Crippen molar-refractivity contribution in [2.24, 2.45) is 0 Å². The fourth-order valence-electron chi connectivity index (χ4n) is 1.12. The molecule has 0 aromatic heterocycles. The van der Waals surface area contributed by atoms with Crippen molar-refractivity contribution in [3.63, 3.8) is 0 Å². The number of carbonyl (C=O) groups is 1. The minimum Gasteiger partial charge on any atom is -0.274 e. The molecule has 0 bridgehead atoms. The van der Waals surface area contributed by atoms with E-state index in [0.717, 1.165) is 6.92 Å². The number of sulfonamides is 1. The molecule has 0 heterocycles. The van der Waals surface area contributed by atoms with Gasteiger partial charge in [0, 0.05) is 6.92 Å². The summed E-state index contributed by atoms with van der Waals surface area (Å²) in [5.74, 6) is -0.700. The second-order valence-electron chi connectivity index (χ2n) is 3.17. The molecule has 1 amide bonds. The summed E-state index contributed by atoms with van der Waals surface area (Å²) >= 11 is 11.6. The molecule has 1 rings (SSSR count). The Labute approximate surface area is 104 Å². The second-order valence-corrected chi connectivity index (χ2v) is 5.57. The fourth-order valence-corrected chi connectivity index (χ4v) is 3.30.